The van der Waals surface area contributed by atoms with E-state index in [9.17, 15) is 5.26 Å². The molecule has 27 heavy (non-hydrogen) atoms. The number of anilines is 1. The average Bonchev–Trinajstić information content (AvgIpc) is 3.36. The van der Waals surface area contributed by atoms with Crippen LogP contribution in [0, 0.1) is 11.3 Å². The summed E-state index contributed by atoms with van der Waals surface area (Å²) < 4.78 is 8.25. The van der Waals surface area contributed by atoms with Crippen LogP contribution in [0.1, 0.15) is 31.0 Å². The molecule has 0 spiro atoms. The Kier molecular flexibility index (Phi) is 4.97. The van der Waals surface area contributed by atoms with Crippen LogP contribution in [0.2, 0.25) is 0 Å². The van der Waals surface area contributed by atoms with Gasteiger partial charge in [-0.2, -0.15) is 5.26 Å². The lowest BCUT2D eigenvalue weighted by molar-refractivity contribution is 0.586. The summed E-state index contributed by atoms with van der Waals surface area (Å²) in [4.78, 5) is 7.88. The first kappa shape index (κ1) is 17.8. The minimum atomic E-state index is 0.372. The summed E-state index contributed by atoms with van der Waals surface area (Å²) in [5.41, 5.74) is 1.91. The molecule has 136 valence electrons. The topological polar surface area (TPSA) is 53.1 Å². The maximum atomic E-state index is 9.58. The molecule has 0 saturated carbocycles. The number of hydrogen-bond acceptors (Lipinski definition) is 6. The van der Waals surface area contributed by atoms with E-state index in [2.05, 4.69) is 41.9 Å². The molecule has 0 amide bonds. The van der Waals surface area contributed by atoms with Crippen molar-refractivity contribution < 1.29 is 4.42 Å². The van der Waals surface area contributed by atoms with Gasteiger partial charge in [-0.25, -0.2) is 4.98 Å². The minimum absolute atomic E-state index is 0.372. The minimum Gasteiger partial charge on any atom is -0.435 e. The standard InChI is InChI=1S/C21H19N3OS2/c1-3-9-24(4-2)20-12-19-18(27-20)11-15(26-19)10-14(13-22)21-23-16-7-5-6-8-17(16)25-21/h5-8,10-12H,3-4,9H2,1-2H3/b14-10+. The van der Waals surface area contributed by atoms with Crippen molar-refractivity contribution in [2.75, 3.05) is 18.0 Å². The zero-order valence-corrected chi connectivity index (χ0v) is 16.9. The predicted octanol–water partition coefficient (Wildman–Crippen LogP) is 6.40. The van der Waals surface area contributed by atoms with E-state index >= 15 is 0 Å². The van der Waals surface area contributed by atoms with Gasteiger partial charge in [0.05, 0.1) is 5.00 Å². The molecule has 3 aromatic heterocycles. The van der Waals surface area contributed by atoms with Crippen molar-refractivity contribution in [3.63, 3.8) is 0 Å². The van der Waals surface area contributed by atoms with E-state index in [4.69, 9.17) is 4.42 Å². The van der Waals surface area contributed by atoms with Gasteiger partial charge in [-0.1, -0.05) is 19.1 Å². The molecule has 0 atom stereocenters. The molecule has 0 bridgehead atoms. The van der Waals surface area contributed by atoms with E-state index in [0.29, 0.717) is 17.0 Å². The van der Waals surface area contributed by atoms with Crippen LogP contribution in [0.5, 0.6) is 0 Å². The first-order valence-corrected chi connectivity index (χ1v) is 10.6. The normalized spacial score (nSPS) is 12.0. The first-order chi connectivity index (χ1) is 13.2. The number of thiophene rings is 2. The zero-order valence-electron chi connectivity index (χ0n) is 15.2. The molecule has 0 radical (unpaired) electrons. The maximum Gasteiger partial charge on any atom is 0.238 e. The monoisotopic (exact) mass is 393 g/mol. The van der Waals surface area contributed by atoms with Gasteiger partial charge in [0.15, 0.2) is 5.58 Å². The van der Waals surface area contributed by atoms with Gasteiger partial charge in [-0.05, 0) is 43.7 Å². The van der Waals surface area contributed by atoms with Crippen molar-refractivity contribution in [3.05, 3.63) is 47.2 Å². The molecule has 4 aromatic rings. The third kappa shape index (κ3) is 3.48. The second kappa shape index (κ2) is 7.55. The van der Waals surface area contributed by atoms with Gasteiger partial charge >= 0.3 is 0 Å². The van der Waals surface area contributed by atoms with Crippen molar-refractivity contribution in [2.24, 2.45) is 0 Å². The first-order valence-electron chi connectivity index (χ1n) is 8.98. The Balaban J connectivity index is 1.66. The molecule has 6 heteroatoms. The summed E-state index contributed by atoms with van der Waals surface area (Å²) in [6.45, 7) is 6.49. The van der Waals surface area contributed by atoms with Gasteiger partial charge in [0.25, 0.3) is 0 Å². The van der Waals surface area contributed by atoms with Crippen LogP contribution in [0.4, 0.5) is 5.00 Å². The fourth-order valence-corrected chi connectivity index (χ4v) is 5.47. The molecule has 0 aliphatic rings. The van der Waals surface area contributed by atoms with E-state index in [0.717, 1.165) is 29.9 Å². The van der Waals surface area contributed by atoms with Crippen LogP contribution in [0.15, 0.2) is 40.8 Å². The lowest BCUT2D eigenvalue weighted by atomic mass is 10.2. The lowest BCUT2D eigenvalue weighted by Crippen LogP contribution is -2.22. The zero-order chi connectivity index (χ0) is 18.8. The fourth-order valence-electron chi connectivity index (χ4n) is 3.03. The van der Waals surface area contributed by atoms with E-state index in [1.807, 2.05) is 41.7 Å². The van der Waals surface area contributed by atoms with E-state index in [1.54, 1.807) is 11.3 Å². The molecule has 3 heterocycles. The summed E-state index contributed by atoms with van der Waals surface area (Å²) in [6.07, 6.45) is 3.01. The van der Waals surface area contributed by atoms with Crippen molar-refractivity contribution in [2.45, 2.75) is 20.3 Å². The molecule has 1 aromatic carbocycles. The second-order valence-corrected chi connectivity index (χ2v) is 8.38. The number of nitrogens with zero attached hydrogens (tertiary/aromatic N) is 3. The van der Waals surface area contributed by atoms with Crippen molar-refractivity contribution >= 4 is 59.8 Å². The van der Waals surface area contributed by atoms with Gasteiger partial charge in [0, 0.05) is 27.4 Å². The summed E-state index contributed by atoms with van der Waals surface area (Å²) in [5.74, 6) is 0.372. The second-order valence-electron chi connectivity index (χ2n) is 6.20. The fraction of sp³-hybridized carbons (Fsp3) is 0.238. The van der Waals surface area contributed by atoms with Crippen LogP contribution in [0.3, 0.4) is 0 Å². The Labute approximate surface area is 166 Å². The summed E-state index contributed by atoms with van der Waals surface area (Å²) in [7, 11) is 0. The number of hydrogen-bond donors (Lipinski definition) is 0. The SMILES string of the molecule is CCCN(CC)c1cc2sc(/C=C(\C#N)c3nc4ccccc4o3)cc2s1. The van der Waals surface area contributed by atoms with Gasteiger partial charge in [-0.3, -0.25) is 0 Å². The highest BCUT2D eigenvalue weighted by Crippen LogP contribution is 2.39. The highest BCUT2D eigenvalue weighted by Gasteiger charge is 2.13. The smallest absolute Gasteiger partial charge is 0.238 e. The number of benzene rings is 1. The van der Waals surface area contributed by atoms with Crippen LogP contribution < -0.4 is 4.90 Å². The predicted molar refractivity (Wildman–Crippen MR) is 115 cm³/mol. The van der Waals surface area contributed by atoms with E-state index in [-0.39, 0.29) is 0 Å². The Morgan fingerprint density at radius 3 is 2.74 bits per heavy atom. The molecule has 4 nitrogen and oxygen atoms in total. The van der Waals surface area contributed by atoms with Crippen LogP contribution >= 0.6 is 22.7 Å². The van der Waals surface area contributed by atoms with Crippen LogP contribution in [-0.2, 0) is 0 Å². The Morgan fingerprint density at radius 1 is 1.22 bits per heavy atom. The molecular formula is C21H19N3OS2. The summed E-state index contributed by atoms with van der Waals surface area (Å²) >= 11 is 3.51. The van der Waals surface area contributed by atoms with E-state index < -0.39 is 0 Å². The van der Waals surface area contributed by atoms with Gasteiger partial charge < -0.3 is 9.32 Å². The number of fused-ring (bicyclic) bond motifs is 2. The highest BCUT2D eigenvalue weighted by atomic mass is 32.1. The van der Waals surface area contributed by atoms with Crippen LogP contribution in [-0.4, -0.2) is 18.1 Å². The number of aromatic nitrogens is 1. The Hall–Kier alpha value is -2.62. The lowest BCUT2D eigenvalue weighted by Gasteiger charge is -2.19. The van der Waals surface area contributed by atoms with Crippen molar-refractivity contribution in [1.29, 1.82) is 5.26 Å². The summed E-state index contributed by atoms with van der Waals surface area (Å²) in [6, 6.07) is 14.2. The number of rotatable bonds is 6. The Bertz CT molecular complexity index is 1090. The largest absolute Gasteiger partial charge is 0.435 e. The van der Waals surface area contributed by atoms with Crippen molar-refractivity contribution in [3.8, 4) is 6.07 Å². The molecule has 0 unspecified atom stereocenters. The molecular weight excluding hydrogens is 374 g/mol. The number of nitriles is 1. The number of oxazole rings is 1. The van der Waals surface area contributed by atoms with Gasteiger partial charge in [-0.15, -0.1) is 22.7 Å². The van der Waals surface area contributed by atoms with Gasteiger partial charge in [0.2, 0.25) is 5.89 Å². The number of allylic oxidation sites excluding steroid dienone is 1. The quantitative estimate of drug-likeness (QED) is 0.355. The molecule has 0 aliphatic carbocycles. The molecule has 4 rings (SSSR count). The maximum absolute atomic E-state index is 9.58. The molecule has 0 N–H and O–H groups in total. The molecule has 0 aliphatic heterocycles. The Morgan fingerprint density at radius 2 is 2.04 bits per heavy atom. The molecule has 0 saturated heterocycles. The van der Waals surface area contributed by atoms with Crippen LogP contribution in [0.25, 0.3) is 32.1 Å². The molecule has 0 fully saturated rings. The average molecular weight is 394 g/mol. The summed E-state index contributed by atoms with van der Waals surface area (Å²) in [5, 5.41) is 10.9. The van der Waals surface area contributed by atoms with E-state index in [1.165, 1.54) is 14.4 Å². The van der Waals surface area contributed by atoms with Crippen molar-refractivity contribution in [1.82, 2.24) is 4.98 Å². The van der Waals surface area contributed by atoms with Gasteiger partial charge in [0.1, 0.15) is 17.2 Å². The highest BCUT2D eigenvalue weighted by molar-refractivity contribution is 7.30. The third-order valence-electron chi connectivity index (χ3n) is 4.33. The number of para-hydroxylation sites is 2. The third-order valence-corrected chi connectivity index (χ3v) is 6.63.